The van der Waals surface area contributed by atoms with Crippen molar-refractivity contribution in [3.63, 3.8) is 0 Å². The molecule has 0 heterocycles. The molecule has 0 N–H and O–H groups in total. The summed E-state index contributed by atoms with van der Waals surface area (Å²) < 4.78 is 83.0. The quantitative estimate of drug-likeness (QED) is 0.249. The number of hydrogen-bond acceptors (Lipinski definition) is 2. The average molecular weight is 414 g/mol. The molecule has 2 nitrogen and oxygen atoms in total. The van der Waals surface area contributed by atoms with Gasteiger partial charge < -0.3 is 4.74 Å². The molecule has 0 aliphatic heterocycles. The molecular weight excluding hydrogens is 398 g/mol. The van der Waals surface area contributed by atoms with Gasteiger partial charge >= 0.3 is 18.3 Å². The van der Waals surface area contributed by atoms with Gasteiger partial charge in [0.2, 0.25) is 0 Å². The zero-order chi connectivity index (χ0) is 21.7. The van der Waals surface area contributed by atoms with Crippen molar-refractivity contribution >= 4 is 11.5 Å². The molecule has 29 heavy (non-hydrogen) atoms. The van der Waals surface area contributed by atoms with Gasteiger partial charge in [0.1, 0.15) is 0 Å². The van der Waals surface area contributed by atoms with Crippen LogP contribution in [0.2, 0.25) is 0 Å². The molecule has 0 bridgehead atoms. The van der Waals surface area contributed by atoms with E-state index in [1.165, 1.54) is 24.3 Å². The first-order chi connectivity index (χ1) is 13.5. The molecule has 8 heteroatoms. The van der Waals surface area contributed by atoms with E-state index in [9.17, 15) is 31.1 Å². The van der Waals surface area contributed by atoms with E-state index in [1.807, 2.05) is 0 Å². The normalized spacial score (nSPS) is 12.1. The molecule has 0 saturated carbocycles. The summed E-state index contributed by atoms with van der Waals surface area (Å²) in [6.07, 6.45) is -5.72. The van der Waals surface area contributed by atoms with Crippen LogP contribution >= 0.6 is 0 Å². The van der Waals surface area contributed by atoms with Gasteiger partial charge in [-0.2, -0.15) is 26.3 Å². The minimum absolute atomic E-state index is 0.0488. The molecule has 0 aliphatic carbocycles. The Kier molecular flexibility index (Phi) is 6.89. The van der Waals surface area contributed by atoms with E-state index in [-0.39, 0.29) is 23.3 Å². The monoisotopic (exact) mass is 414 g/mol. The van der Waals surface area contributed by atoms with Gasteiger partial charge in [-0.3, -0.25) is 0 Å². The van der Waals surface area contributed by atoms with Crippen LogP contribution in [-0.2, 0) is 21.9 Å². The molecule has 2 aromatic carbocycles. The molecule has 0 saturated heterocycles. The Bertz CT molecular complexity index is 864. The summed E-state index contributed by atoms with van der Waals surface area (Å²) in [5, 5.41) is 0. The molecule has 0 spiro atoms. The Morgan fingerprint density at radius 1 is 0.897 bits per heavy atom. The molecular formula is C21H16F6O2. The number of allylic oxidation sites excluding steroid dienone is 2. The largest absolute Gasteiger partial charge is 0.463 e. The van der Waals surface area contributed by atoms with Crippen LogP contribution in [0.25, 0.3) is 5.57 Å². The third-order valence-corrected chi connectivity index (χ3v) is 3.78. The fourth-order valence-corrected chi connectivity index (χ4v) is 2.50. The van der Waals surface area contributed by atoms with Gasteiger partial charge in [0, 0.05) is 6.08 Å². The van der Waals surface area contributed by atoms with Crippen LogP contribution in [0, 0.1) is 0 Å². The maximum Gasteiger partial charge on any atom is 0.416 e. The highest BCUT2D eigenvalue weighted by molar-refractivity contribution is 5.85. The lowest BCUT2D eigenvalue weighted by Gasteiger charge is -2.14. The standard InChI is InChI=1S/C21H16F6O2/c1-2-29-19(28)11-5-10-18(14-6-3-8-16(12-14)20(22,23)24)15-7-4-9-17(13-15)21(25,26)27/h3-13H,2H2,1H3. The van der Waals surface area contributed by atoms with Crippen LogP contribution in [0.5, 0.6) is 0 Å². The number of halogens is 6. The van der Waals surface area contributed by atoms with Crippen molar-refractivity contribution in [2.75, 3.05) is 6.61 Å². The molecule has 154 valence electrons. The lowest BCUT2D eigenvalue weighted by Crippen LogP contribution is -2.06. The average Bonchev–Trinajstić information content (AvgIpc) is 2.64. The van der Waals surface area contributed by atoms with E-state index >= 15 is 0 Å². The summed E-state index contributed by atoms with van der Waals surface area (Å²) in [5.41, 5.74) is -1.70. The van der Waals surface area contributed by atoms with Gasteiger partial charge in [0.25, 0.3) is 0 Å². The summed E-state index contributed by atoms with van der Waals surface area (Å²) in [6, 6.07) is 8.42. The second kappa shape index (κ2) is 8.98. The maximum atomic E-state index is 13.1. The predicted molar refractivity (Wildman–Crippen MR) is 95.7 cm³/mol. The number of carbonyl (C=O) groups excluding carboxylic acids is 1. The first-order valence-electron chi connectivity index (χ1n) is 8.42. The number of alkyl halides is 6. The van der Waals surface area contributed by atoms with Gasteiger partial charge in [-0.15, -0.1) is 0 Å². The molecule has 0 unspecified atom stereocenters. The molecule has 0 fully saturated rings. The minimum Gasteiger partial charge on any atom is -0.463 e. The predicted octanol–water partition coefficient (Wildman–Crippen LogP) is 6.28. The summed E-state index contributed by atoms with van der Waals surface area (Å²) in [7, 11) is 0. The molecule has 0 aromatic heterocycles. The Hall–Kier alpha value is -3.03. The number of carbonyl (C=O) groups is 1. The molecule has 2 aromatic rings. The van der Waals surface area contributed by atoms with Gasteiger partial charge in [-0.25, -0.2) is 4.79 Å². The molecule has 2 rings (SSSR count). The highest BCUT2D eigenvalue weighted by Crippen LogP contribution is 2.35. The Morgan fingerprint density at radius 3 is 1.79 bits per heavy atom. The van der Waals surface area contributed by atoms with Gasteiger partial charge in [0.05, 0.1) is 17.7 Å². The summed E-state index contributed by atoms with van der Waals surface area (Å²) in [5.74, 6) is -0.684. The zero-order valence-corrected chi connectivity index (χ0v) is 15.1. The maximum absolute atomic E-state index is 13.1. The number of rotatable bonds is 5. The van der Waals surface area contributed by atoms with Crippen molar-refractivity contribution in [3.8, 4) is 0 Å². The number of hydrogen-bond donors (Lipinski definition) is 0. The summed E-state index contributed by atoms with van der Waals surface area (Å²) in [6.45, 7) is 1.72. The van der Waals surface area contributed by atoms with Crippen LogP contribution in [0.1, 0.15) is 29.2 Å². The number of esters is 1. The van der Waals surface area contributed by atoms with Crippen molar-refractivity contribution < 1.29 is 35.9 Å². The van der Waals surface area contributed by atoms with Crippen LogP contribution in [0.3, 0.4) is 0 Å². The Balaban J connectivity index is 2.57. The van der Waals surface area contributed by atoms with E-state index in [2.05, 4.69) is 0 Å². The molecule has 0 aliphatic rings. The topological polar surface area (TPSA) is 26.3 Å². The van der Waals surface area contributed by atoms with Crippen LogP contribution < -0.4 is 0 Å². The van der Waals surface area contributed by atoms with E-state index in [0.29, 0.717) is 0 Å². The first kappa shape index (κ1) is 22.3. The highest BCUT2D eigenvalue weighted by Gasteiger charge is 2.32. The van der Waals surface area contributed by atoms with Crippen molar-refractivity contribution in [2.45, 2.75) is 19.3 Å². The lowest BCUT2D eigenvalue weighted by molar-refractivity contribution is -0.138. The zero-order valence-electron chi connectivity index (χ0n) is 15.1. The Labute approximate surface area is 163 Å². The van der Waals surface area contributed by atoms with Crippen LogP contribution in [0.15, 0.2) is 66.8 Å². The SMILES string of the molecule is CCOC(=O)C=CC=C(c1cccc(C(F)(F)F)c1)c1cccc(C(F)(F)F)c1. The summed E-state index contributed by atoms with van der Waals surface area (Å²) >= 11 is 0. The number of benzene rings is 2. The van der Waals surface area contributed by atoms with Gasteiger partial charge in [0.15, 0.2) is 0 Å². The molecule has 0 amide bonds. The van der Waals surface area contributed by atoms with Crippen LogP contribution in [0.4, 0.5) is 26.3 Å². The first-order valence-corrected chi connectivity index (χ1v) is 8.42. The molecule has 0 atom stereocenters. The lowest BCUT2D eigenvalue weighted by atomic mass is 9.94. The van der Waals surface area contributed by atoms with E-state index in [4.69, 9.17) is 4.74 Å². The third-order valence-electron chi connectivity index (χ3n) is 3.78. The number of ether oxygens (including phenoxy) is 1. The second-order valence-electron chi connectivity index (χ2n) is 5.85. The van der Waals surface area contributed by atoms with Gasteiger partial charge in [-0.1, -0.05) is 36.4 Å². The van der Waals surface area contributed by atoms with Gasteiger partial charge in [-0.05, 0) is 47.9 Å². The van der Waals surface area contributed by atoms with Crippen molar-refractivity contribution in [3.05, 3.63) is 89.0 Å². The fourth-order valence-electron chi connectivity index (χ4n) is 2.50. The minimum atomic E-state index is -4.62. The fraction of sp³-hybridized carbons (Fsp3) is 0.190. The van der Waals surface area contributed by atoms with Crippen molar-refractivity contribution in [1.82, 2.24) is 0 Å². The molecule has 0 radical (unpaired) electrons. The summed E-state index contributed by atoms with van der Waals surface area (Å²) in [4.78, 5) is 11.4. The highest BCUT2D eigenvalue weighted by atomic mass is 19.4. The van der Waals surface area contributed by atoms with Crippen molar-refractivity contribution in [2.24, 2.45) is 0 Å². The van der Waals surface area contributed by atoms with E-state index in [1.54, 1.807) is 6.92 Å². The van der Waals surface area contributed by atoms with Crippen molar-refractivity contribution in [1.29, 1.82) is 0 Å². The van der Waals surface area contributed by atoms with E-state index < -0.39 is 29.4 Å². The Morgan fingerprint density at radius 2 is 1.38 bits per heavy atom. The third kappa shape index (κ3) is 6.23. The van der Waals surface area contributed by atoms with Crippen LogP contribution in [-0.4, -0.2) is 12.6 Å². The smallest absolute Gasteiger partial charge is 0.416 e. The van der Waals surface area contributed by atoms with E-state index in [0.717, 1.165) is 42.5 Å². The second-order valence-corrected chi connectivity index (χ2v) is 5.85.